The minimum absolute atomic E-state index is 0.192. The van der Waals surface area contributed by atoms with Crippen LogP contribution >= 0.6 is 11.3 Å². The van der Waals surface area contributed by atoms with Gasteiger partial charge in [-0.3, -0.25) is 4.79 Å². The average molecular weight is 395 g/mol. The predicted molar refractivity (Wildman–Crippen MR) is 110 cm³/mol. The highest BCUT2D eigenvalue weighted by Gasteiger charge is 2.13. The van der Waals surface area contributed by atoms with E-state index in [9.17, 15) is 4.79 Å². The number of morpholine rings is 1. The molecule has 0 unspecified atom stereocenters. The Morgan fingerprint density at radius 2 is 2.07 bits per heavy atom. The van der Waals surface area contributed by atoms with Gasteiger partial charge in [-0.15, -0.1) is 11.3 Å². The standard InChI is InChI=1S/C21H21N3O3S/c25-21(16-3-1-4-18(13-16)27-15-19-5-2-12-28-19)23-17-6-7-20(22-14-17)24-8-10-26-11-9-24/h1-7,12-14H,8-11,15H2,(H,23,25). The van der Waals surface area contributed by atoms with Gasteiger partial charge in [0.15, 0.2) is 0 Å². The number of aromatic nitrogens is 1. The molecule has 1 amide bonds. The van der Waals surface area contributed by atoms with Crippen molar-refractivity contribution in [1.82, 2.24) is 4.98 Å². The number of hydrogen-bond donors (Lipinski definition) is 1. The molecule has 0 atom stereocenters. The van der Waals surface area contributed by atoms with Gasteiger partial charge in [0.25, 0.3) is 5.91 Å². The SMILES string of the molecule is O=C(Nc1ccc(N2CCOCC2)nc1)c1cccc(OCc2cccs2)c1. The molecule has 1 aliphatic heterocycles. The van der Waals surface area contributed by atoms with E-state index in [1.165, 1.54) is 0 Å². The Kier molecular flexibility index (Phi) is 5.84. The van der Waals surface area contributed by atoms with Crippen LogP contribution in [-0.4, -0.2) is 37.2 Å². The number of carbonyl (C=O) groups is 1. The summed E-state index contributed by atoms with van der Waals surface area (Å²) in [6, 6.07) is 15.0. The lowest BCUT2D eigenvalue weighted by Crippen LogP contribution is -2.36. The fraction of sp³-hybridized carbons (Fsp3) is 0.238. The number of rotatable bonds is 6. The molecule has 3 heterocycles. The van der Waals surface area contributed by atoms with Crippen molar-refractivity contribution < 1.29 is 14.3 Å². The number of pyridine rings is 1. The first-order valence-electron chi connectivity index (χ1n) is 9.13. The monoisotopic (exact) mass is 395 g/mol. The lowest BCUT2D eigenvalue weighted by Gasteiger charge is -2.27. The zero-order chi connectivity index (χ0) is 19.2. The molecule has 0 radical (unpaired) electrons. The zero-order valence-electron chi connectivity index (χ0n) is 15.3. The number of carbonyl (C=O) groups excluding carboxylic acids is 1. The maximum absolute atomic E-state index is 12.6. The molecule has 0 spiro atoms. The Balaban J connectivity index is 1.37. The van der Waals surface area contributed by atoms with Crippen LogP contribution in [0.4, 0.5) is 11.5 Å². The Labute approximate surface area is 167 Å². The second kappa shape index (κ2) is 8.86. The molecule has 6 nitrogen and oxygen atoms in total. The Morgan fingerprint density at radius 3 is 2.82 bits per heavy atom. The normalized spacial score (nSPS) is 13.9. The average Bonchev–Trinajstić information content (AvgIpc) is 3.27. The summed E-state index contributed by atoms with van der Waals surface area (Å²) >= 11 is 1.64. The van der Waals surface area contributed by atoms with Gasteiger partial charge in [0.1, 0.15) is 18.2 Å². The van der Waals surface area contributed by atoms with Crippen molar-refractivity contribution in [2.45, 2.75) is 6.61 Å². The number of anilines is 2. The van der Waals surface area contributed by atoms with E-state index in [2.05, 4.69) is 15.2 Å². The Hall–Kier alpha value is -2.90. The lowest BCUT2D eigenvalue weighted by atomic mass is 10.2. The van der Waals surface area contributed by atoms with Crippen LogP contribution in [0.2, 0.25) is 0 Å². The highest BCUT2D eigenvalue weighted by Crippen LogP contribution is 2.19. The first-order chi connectivity index (χ1) is 13.8. The molecule has 7 heteroatoms. The van der Waals surface area contributed by atoms with Crippen molar-refractivity contribution in [2.75, 3.05) is 36.5 Å². The van der Waals surface area contributed by atoms with Crippen molar-refractivity contribution >= 4 is 28.7 Å². The van der Waals surface area contributed by atoms with Gasteiger partial charge in [-0.05, 0) is 41.8 Å². The summed E-state index contributed by atoms with van der Waals surface area (Å²) in [4.78, 5) is 20.3. The van der Waals surface area contributed by atoms with Crippen LogP contribution in [-0.2, 0) is 11.3 Å². The van der Waals surface area contributed by atoms with E-state index in [1.807, 2.05) is 41.8 Å². The summed E-state index contributed by atoms with van der Waals surface area (Å²) in [6.45, 7) is 3.58. The number of hydrogen-bond acceptors (Lipinski definition) is 6. The van der Waals surface area contributed by atoms with Crippen LogP contribution in [0.3, 0.4) is 0 Å². The minimum atomic E-state index is -0.192. The van der Waals surface area contributed by atoms with Crippen molar-refractivity contribution in [3.63, 3.8) is 0 Å². The van der Waals surface area contributed by atoms with E-state index >= 15 is 0 Å². The van der Waals surface area contributed by atoms with E-state index in [-0.39, 0.29) is 5.91 Å². The summed E-state index contributed by atoms with van der Waals surface area (Å²) in [5.74, 6) is 1.37. The van der Waals surface area contributed by atoms with E-state index < -0.39 is 0 Å². The maximum Gasteiger partial charge on any atom is 0.255 e. The van der Waals surface area contributed by atoms with Gasteiger partial charge in [0.2, 0.25) is 0 Å². The number of ether oxygens (including phenoxy) is 2. The highest BCUT2D eigenvalue weighted by molar-refractivity contribution is 7.09. The zero-order valence-corrected chi connectivity index (χ0v) is 16.2. The molecule has 1 aliphatic rings. The van der Waals surface area contributed by atoms with Crippen molar-refractivity contribution in [2.24, 2.45) is 0 Å². The van der Waals surface area contributed by atoms with Crippen molar-refractivity contribution in [3.05, 3.63) is 70.5 Å². The molecule has 0 bridgehead atoms. The van der Waals surface area contributed by atoms with Crippen molar-refractivity contribution in [3.8, 4) is 5.75 Å². The Bertz CT molecular complexity index is 907. The number of amides is 1. The highest BCUT2D eigenvalue weighted by atomic mass is 32.1. The van der Waals surface area contributed by atoms with Crippen LogP contribution in [0.15, 0.2) is 60.1 Å². The van der Waals surface area contributed by atoms with Gasteiger partial charge >= 0.3 is 0 Å². The molecule has 1 saturated heterocycles. The first-order valence-corrected chi connectivity index (χ1v) is 10.0. The van der Waals surface area contributed by atoms with Crippen LogP contribution in [0, 0.1) is 0 Å². The van der Waals surface area contributed by atoms with E-state index in [4.69, 9.17) is 9.47 Å². The summed E-state index contributed by atoms with van der Waals surface area (Å²) in [7, 11) is 0. The smallest absolute Gasteiger partial charge is 0.255 e. The molecule has 3 aromatic rings. The third-order valence-electron chi connectivity index (χ3n) is 4.40. The molecule has 28 heavy (non-hydrogen) atoms. The molecule has 1 aromatic carbocycles. The summed E-state index contributed by atoms with van der Waals surface area (Å²) < 4.78 is 11.1. The fourth-order valence-electron chi connectivity index (χ4n) is 2.92. The lowest BCUT2D eigenvalue weighted by molar-refractivity contribution is 0.102. The maximum atomic E-state index is 12.6. The Morgan fingerprint density at radius 1 is 1.18 bits per heavy atom. The van der Waals surface area contributed by atoms with Gasteiger partial charge in [-0.1, -0.05) is 12.1 Å². The molecule has 0 saturated carbocycles. The van der Waals surface area contributed by atoms with E-state index in [0.29, 0.717) is 36.8 Å². The quantitative estimate of drug-likeness (QED) is 0.688. The van der Waals surface area contributed by atoms with E-state index in [1.54, 1.807) is 29.7 Å². The van der Waals surface area contributed by atoms with Crippen LogP contribution < -0.4 is 15.0 Å². The van der Waals surface area contributed by atoms with Crippen LogP contribution in [0.1, 0.15) is 15.2 Å². The van der Waals surface area contributed by atoms with Gasteiger partial charge in [-0.25, -0.2) is 4.98 Å². The first kappa shape index (κ1) is 18.5. The van der Waals surface area contributed by atoms with Crippen molar-refractivity contribution in [1.29, 1.82) is 0 Å². The number of nitrogens with zero attached hydrogens (tertiary/aromatic N) is 2. The summed E-state index contributed by atoms with van der Waals surface area (Å²) in [5.41, 5.74) is 1.20. The molecule has 2 aromatic heterocycles. The number of benzene rings is 1. The van der Waals surface area contributed by atoms with Gasteiger partial charge < -0.3 is 19.7 Å². The summed E-state index contributed by atoms with van der Waals surface area (Å²) in [5, 5.41) is 4.90. The van der Waals surface area contributed by atoms with Crippen LogP contribution in [0.25, 0.3) is 0 Å². The van der Waals surface area contributed by atoms with Gasteiger partial charge in [0, 0.05) is 23.5 Å². The van der Waals surface area contributed by atoms with Gasteiger partial charge in [0.05, 0.1) is 25.1 Å². The molecule has 144 valence electrons. The third kappa shape index (κ3) is 4.68. The molecule has 1 fully saturated rings. The molecule has 1 N–H and O–H groups in total. The third-order valence-corrected chi connectivity index (χ3v) is 5.25. The largest absolute Gasteiger partial charge is 0.488 e. The number of nitrogens with one attached hydrogen (secondary N) is 1. The molecule has 0 aliphatic carbocycles. The second-order valence-corrected chi connectivity index (χ2v) is 7.39. The minimum Gasteiger partial charge on any atom is -0.488 e. The molecular weight excluding hydrogens is 374 g/mol. The fourth-order valence-corrected chi connectivity index (χ4v) is 3.54. The van der Waals surface area contributed by atoms with Gasteiger partial charge in [-0.2, -0.15) is 0 Å². The number of thiophene rings is 1. The predicted octanol–water partition coefficient (Wildman–Crippen LogP) is 3.81. The molecule has 4 rings (SSSR count). The second-order valence-electron chi connectivity index (χ2n) is 6.35. The molecular formula is C21H21N3O3S. The van der Waals surface area contributed by atoms with E-state index in [0.717, 1.165) is 23.8 Å². The topological polar surface area (TPSA) is 63.7 Å². The van der Waals surface area contributed by atoms with Crippen LogP contribution in [0.5, 0.6) is 5.75 Å². The summed E-state index contributed by atoms with van der Waals surface area (Å²) in [6.07, 6.45) is 1.68.